The van der Waals surface area contributed by atoms with Crippen LogP contribution in [0.4, 0.5) is 0 Å². The van der Waals surface area contributed by atoms with E-state index < -0.39 is 11.9 Å². The molecule has 20 heavy (non-hydrogen) atoms. The molecule has 0 unspecified atom stereocenters. The number of carbonyl (C=O) groups excluding carboxylic acids is 2. The summed E-state index contributed by atoms with van der Waals surface area (Å²) < 4.78 is 4.78. The Labute approximate surface area is 116 Å². The third kappa shape index (κ3) is 4.01. The maximum absolute atomic E-state index is 12.2. The number of rotatable bonds is 6. The number of ether oxygens (including phenoxy) is 1. The lowest BCUT2D eigenvalue weighted by Gasteiger charge is -2.20. The summed E-state index contributed by atoms with van der Waals surface area (Å²) in [7, 11) is 0. The van der Waals surface area contributed by atoms with Gasteiger partial charge in [-0.15, -0.1) is 6.58 Å². The smallest absolute Gasteiger partial charge is 0.325 e. The number of amides is 1. The topological polar surface area (TPSA) is 87.1 Å². The number of phenolic OH excluding ortho intramolecular Hbond substituents is 2. The van der Waals surface area contributed by atoms with Gasteiger partial charge >= 0.3 is 5.97 Å². The van der Waals surface area contributed by atoms with Crippen molar-refractivity contribution in [2.24, 2.45) is 0 Å². The highest BCUT2D eigenvalue weighted by Crippen LogP contribution is 2.23. The van der Waals surface area contributed by atoms with Crippen LogP contribution in [-0.4, -0.2) is 46.7 Å². The zero-order chi connectivity index (χ0) is 15.1. The average Bonchev–Trinajstić information content (AvgIpc) is 2.38. The Hall–Kier alpha value is -2.50. The van der Waals surface area contributed by atoms with Crippen molar-refractivity contribution in [1.82, 2.24) is 4.90 Å². The van der Waals surface area contributed by atoms with Crippen LogP contribution in [0.1, 0.15) is 17.3 Å². The second kappa shape index (κ2) is 7.18. The van der Waals surface area contributed by atoms with Crippen LogP contribution in [0.5, 0.6) is 11.5 Å². The van der Waals surface area contributed by atoms with Gasteiger partial charge in [0, 0.05) is 12.6 Å². The third-order valence-electron chi connectivity index (χ3n) is 2.47. The standard InChI is InChI=1S/C14H17NO5/c1-3-7-15(9-13(18)20-4-2)14(19)11-6-5-10(16)8-12(11)17/h3,5-6,8,16-17H,1,4,7,9H2,2H3. The van der Waals surface area contributed by atoms with Gasteiger partial charge < -0.3 is 19.8 Å². The molecule has 0 atom stereocenters. The second-order valence-electron chi connectivity index (χ2n) is 3.98. The summed E-state index contributed by atoms with van der Waals surface area (Å²) in [5.41, 5.74) is -0.00560. The van der Waals surface area contributed by atoms with E-state index in [0.717, 1.165) is 6.07 Å². The molecular formula is C14H17NO5. The van der Waals surface area contributed by atoms with Crippen LogP contribution in [0.15, 0.2) is 30.9 Å². The van der Waals surface area contributed by atoms with Crippen LogP contribution >= 0.6 is 0 Å². The zero-order valence-corrected chi connectivity index (χ0v) is 11.2. The van der Waals surface area contributed by atoms with E-state index in [9.17, 15) is 19.8 Å². The normalized spacial score (nSPS) is 9.85. The summed E-state index contributed by atoms with van der Waals surface area (Å²) in [6, 6.07) is 3.63. The lowest BCUT2D eigenvalue weighted by atomic mass is 10.1. The molecule has 0 heterocycles. The highest BCUT2D eigenvalue weighted by Gasteiger charge is 2.21. The molecule has 0 aromatic heterocycles. The van der Waals surface area contributed by atoms with Gasteiger partial charge in [-0.25, -0.2) is 0 Å². The quantitative estimate of drug-likeness (QED) is 0.605. The number of hydrogen-bond donors (Lipinski definition) is 2. The number of phenols is 2. The fraction of sp³-hybridized carbons (Fsp3) is 0.286. The van der Waals surface area contributed by atoms with Crippen LogP contribution in [-0.2, 0) is 9.53 Å². The first-order chi connectivity index (χ1) is 9.49. The minimum atomic E-state index is -0.546. The number of hydrogen-bond acceptors (Lipinski definition) is 5. The minimum Gasteiger partial charge on any atom is -0.508 e. The van der Waals surface area contributed by atoms with Gasteiger partial charge in [0.05, 0.1) is 12.2 Å². The van der Waals surface area contributed by atoms with E-state index in [1.807, 2.05) is 0 Å². The first kappa shape index (κ1) is 15.6. The van der Waals surface area contributed by atoms with Crippen LogP contribution in [0.25, 0.3) is 0 Å². The molecule has 0 fully saturated rings. The van der Waals surface area contributed by atoms with Gasteiger partial charge in [-0.3, -0.25) is 9.59 Å². The summed E-state index contributed by atoms with van der Waals surface area (Å²) >= 11 is 0. The van der Waals surface area contributed by atoms with Gasteiger partial charge in [0.15, 0.2) is 0 Å². The van der Waals surface area contributed by atoms with Gasteiger partial charge in [0.25, 0.3) is 5.91 Å². The molecule has 0 spiro atoms. The fourth-order valence-corrected chi connectivity index (χ4v) is 1.61. The first-order valence-electron chi connectivity index (χ1n) is 6.07. The fourth-order valence-electron chi connectivity index (χ4n) is 1.61. The SMILES string of the molecule is C=CCN(CC(=O)OCC)C(=O)c1ccc(O)cc1O. The van der Waals surface area contributed by atoms with Crippen LogP contribution in [0, 0.1) is 0 Å². The van der Waals surface area contributed by atoms with E-state index in [1.165, 1.54) is 23.1 Å². The molecular weight excluding hydrogens is 262 g/mol. The van der Waals surface area contributed by atoms with Crippen LogP contribution in [0.3, 0.4) is 0 Å². The second-order valence-corrected chi connectivity index (χ2v) is 3.98. The molecule has 0 saturated carbocycles. The first-order valence-corrected chi connectivity index (χ1v) is 6.07. The number of aromatic hydroxyl groups is 2. The van der Waals surface area contributed by atoms with E-state index in [2.05, 4.69) is 6.58 Å². The van der Waals surface area contributed by atoms with E-state index in [1.54, 1.807) is 6.92 Å². The lowest BCUT2D eigenvalue weighted by Crippen LogP contribution is -2.36. The van der Waals surface area contributed by atoms with Crippen LogP contribution in [0.2, 0.25) is 0 Å². The monoisotopic (exact) mass is 279 g/mol. The van der Waals surface area contributed by atoms with Crippen molar-refractivity contribution in [1.29, 1.82) is 0 Å². The molecule has 0 bridgehead atoms. The Bertz CT molecular complexity index is 512. The molecule has 0 aliphatic carbocycles. The summed E-state index contributed by atoms with van der Waals surface area (Å²) in [6.45, 7) is 5.31. The average molecular weight is 279 g/mol. The van der Waals surface area contributed by atoms with Gasteiger partial charge in [-0.2, -0.15) is 0 Å². The maximum atomic E-state index is 12.2. The predicted molar refractivity (Wildman–Crippen MR) is 72.5 cm³/mol. The summed E-state index contributed by atoms with van der Waals surface area (Å²) in [5, 5.41) is 18.9. The Morgan fingerprint density at radius 1 is 1.40 bits per heavy atom. The Balaban J connectivity index is 2.93. The van der Waals surface area contributed by atoms with Gasteiger partial charge in [-0.05, 0) is 19.1 Å². The predicted octanol–water partition coefficient (Wildman–Crippen LogP) is 1.29. The maximum Gasteiger partial charge on any atom is 0.325 e. The highest BCUT2D eigenvalue weighted by atomic mass is 16.5. The molecule has 0 aliphatic rings. The van der Waals surface area contributed by atoms with Crippen molar-refractivity contribution in [3.63, 3.8) is 0 Å². The van der Waals surface area contributed by atoms with Crippen molar-refractivity contribution in [2.45, 2.75) is 6.92 Å². The van der Waals surface area contributed by atoms with Gasteiger partial charge in [0.1, 0.15) is 18.0 Å². The Morgan fingerprint density at radius 3 is 2.65 bits per heavy atom. The van der Waals surface area contributed by atoms with Gasteiger partial charge in [0.2, 0.25) is 0 Å². The van der Waals surface area contributed by atoms with Gasteiger partial charge in [-0.1, -0.05) is 6.08 Å². The van der Waals surface area contributed by atoms with Crippen molar-refractivity contribution in [2.75, 3.05) is 19.7 Å². The zero-order valence-electron chi connectivity index (χ0n) is 11.2. The summed E-state index contributed by atoms with van der Waals surface area (Å²) in [4.78, 5) is 24.9. The van der Waals surface area contributed by atoms with E-state index in [0.29, 0.717) is 0 Å². The lowest BCUT2D eigenvalue weighted by molar-refractivity contribution is -0.143. The molecule has 108 valence electrons. The summed E-state index contributed by atoms with van der Waals surface area (Å²) in [5.74, 6) is -1.59. The molecule has 1 amide bonds. The molecule has 0 saturated heterocycles. The number of esters is 1. The molecule has 6 heteroatoms. The molecule has 2 N–H and O–H groups in total. The molecule has 0 radical (unpaired) electrons. The third-order valence-corrected chi connectivity index (χ3v) is 2.47. The number of benzene rings is 1. The Morgan fingerprint density at radius 2 is 2.10 bits per heavy atom. The van der Waals surface area contributed by atoms with Crippen molar-refractivity contribution in [3.8, 4) is 11.5 Å². The molecule has 1 aromatic rings. The Kier molecular flexibility index (Phi) is 5.58. The highest BCUT2D eigenvalue weighted by molar-refractivity contribution is 5.98. The van der Waals surface area contributed by atoms with E-state index >= 15 is 0 Å². The van der Waals surface area contributed by atoms with Crippen LogP contribution < -0.4 is 0 Å². The van der Waals surface area contributed by atoms with Crippen molar-refractivity contribution < 1.29 is 24.5 Å². The largest absolute Gasteiger partial charge is 0.508 e. The van der Waals surface area contributed by atoms with E-state index in [4.69, 9.17) is 4.74 Å². The summed E-state index contributed by atoms with van der Waals surface area (Å²) in [6.07, 6.45) is 1.47. The van der Waals surface area contributed by atoms with E-state index in [-0.39, 0.29) is 36.8 Å². The molecule has 1 aromatic carbocycles. The number of nitrogens with zero attached hydrogens (tertiary/aromatic N) is 1. The molecule has 6 nitrogen and oxygen atoms in total. The van der Waals surface area contributed by atoms with Crippen molar-refractivity contribution >= 4 is 11.9 Å². The molecule has 0 aliphatic heterocycles. The minimum absolute atomic E-state index is 0.00560. The van der Waals surface area contributed by atoms with Crippen molar-refractivity contribution in [3.05, 3.63) is 36.4 Å². The molecule has 1 rings (SSSR count). The number of carbonyl (C=O) groups is 2.